The molecule has 3 rings (SSSR count). The third kappa shape index (κ3) is 4.57. The molecule has 0 aromatic heterocycles. The summed E-state index contributed by atoms with van der Waals surface area (Å²) in [7, 11) is 1.57. The van der Waals surface area contributed by atoms with Gasteiger partial charge in [0.05, 0.1) is 24.4 Å². The van der Waals surface area contributed by atoms with Crippen molar-refractivity contribution in [2.75, 3.05) is 12.4 Å². The fraction of sp³-hybridized carbons (Fsp3) is 0.130. The highest BCUT2D eigenvalue weighted by atomic mass is 16.5. The summed E-state index contributed by atoms with van der Waals surface area (Å²) >= 11 is 0. The van der Waals surface area contributed by atoms with Gasteiger partial charge in [-0.05, 0) is 48.9 Å². The Morgan fingerprint density at radius 2 is 1.46 bits per heavy atom. The van der Waals surface area contributed by atoms with E-state index in [0.717, 1.165) is 5.56 Å². The van der Waals surface area contributed by atoms with E-state index in [9.17, 15) is 9.59 Å². The lowest BCUT2D eigenvalue weighted by Gasteiger charge is -2.16. The molecule has 5 heteroatoms. The van der Waals surface area contributed by atoms with Crippen LogP contribution >= 0.6 is 0 Å². The number of rotatable bonds is 6. The highest BCUT2D eigenvalue weighted by molar-refractivity contribution is 6.09. The fourth-order valence-electron chi connectivity index (χ4n) is 2.83. The smallest absolute Gasteiger partial charge is 0.255 e. The Hall–Kier alpha value is -3.60. The SMILES string of the molecule is COc1ccc(C(=O)Nc2ccccc2C(=O)N[C@H](C)c2ccccc2)cc1. The first kappa shape index (κ1) is 19.2. The normalized spacial score (nSPS) is 11.4. The van der Waals surface area contributed by atoms with Crippen LogP contribution in [0.1, 0.15) is 39.2 Å². The summed E-state index contributed by atoms with van der Waals surface area (Å²) in [5, 5.41) is 5.79. The predicted octanol–water partition coefficient (Wildman–Crippen LogP) is 4.44. The summed E-state index contributed by atoms with van der Waals surface area (Å²) in [6.07, 6.45) is 0. The highest BCUT2D eigenvalue weighted by Gasteiger charge is 2.16. The number of carbonyl (C=O) groups excluding carboxylic acids is 2. The molecule has 0 saturated heterocycles. The Labute approximate surface area is 164 Å². The summed E-state index contributed by atoms with van der Waals surface area (Å²) in [5.41, 5.74) is 2.36. The zero-order valence-electron chi connectivity index (χ0n) is 15.8. The molecule has 2 N–H and O–H groups in total. The van der Waals surface area contributed by atoms with E-state index in [0.29, 0.717) is 22.6 Å². The minimum atomic E-state index is -0.293. The summed E-state index contributed by atoms with van der Waals surface area (Å²) < 4.78 is 5.11. The van der Waals surface area contributed by atoms with Crippen molar-refractivity contribution >= 4 is 17.5 Å². The number of hydrogen-bond donors (Lipinski definition) is 2. The van der Waals surface area contributed by atoms with Crippen molar-refractivity contribution < 1.29 is 14.3 Å². The van der Waals surface area contributed by atoms with Crippen LogP contribution in [0.5, 0.6) is 5.75 Å². The molecule has 2 amide bonds. The maximum atomic E-state index is 12.8. The van der Waals surface area contributed by atoms with Crippen molar-refractivity contribution in [3.8, 4) is 5.75 Å². The van der Waals surface area contributed by atoms with Gasteiger partial charge in [0.2, 0.25) is 0 Å². The molecule has 0 unspecified atom stereocenters. The Morgan fingerprint density at radius 1 is 0.821 bits per heavy atom. The fourth-order valence-corrected chi connectivity index (χ4v) is 2.83. The van der Waals surface area contributed by atoms with Crippen molar-refractivity contribution in [3.63, 3.8) is 0 Å². The van der Waals surface area contributed by atoms with Crippen molar-refractivity contribution in [1.29, 1.82) is 0 Å². The zero-order chi connectivity index (χ0) is 19.9. The van der Waals surface area contributed by atoms with E-state index in [1.807, 2.05) is 37.3 Å². The number of benzene rings is 3. The first-order valence-electron chi connectivity index (χ1n) is 8.98. The standard InChI is InChI=1S/C23H22N2O3/c1-16(17-8-4-3-5-9-17)24-23(27)20-10-6-7-11-21(20)25-22(26)18-12-14-19(28-2)15-13-18/h3-16H,1-2H3,(H,24,27)(H,25,26)/t16-/m1/s1. The van der Waals surface area contributed by atoms with E-state index in [1.165, 1.54) is 0 Å². The maximum Gasteiger partial charge on any atom is 0.255 e. The highest BCUT2D eigenvalue weighted by Crippen LogP contribution is 2.19. The molecular formula is C23H22N2O3. The van der Waals surface area contributed by atoms with E-state index in [-0.39, 0.29) is 17.9 Å². The van der Waals surface area contributed by atoms with Crippen LogP contribution in [0.3, 0.4) is 0 Å². The number of methoxy groups -OCH3 is 1. The molecule has 1 atom stereocenters. The lowest BCUT2D eigenvalue weighted by atomic mass is 10.1. The van der Waals surface area contributed by atoms with Gasteiger partial charge in [-0.15, -0.1) is 0 Å². The molecule has 142 valence electrons. The molecule has 3 aromatic carbocycles. The van der Waals surface area contributed by atoms with Gasteiger partial charge >= 0.3 is 0 Å². The van der Waals surface area contributed by atoms with Crippen LogP contribution in [-0.4, -0.2) is 18.9 Å². The van der Waals surface area contributed by atoms with E-state index in [2.05, 4.69) is 10.6 Å². The first-order valence-corrected chi connectivity index (χ1v) is 8.98. The summed E-state index contributed by atoms with van der Waals surface area (Å²) in [6.45, 7) is 1.92. The van der Waals surface area contributed by atoms with Crippen molar-refractivity contribution in [1.82, 2.24) is 5.32 Å². The van der Waals surface area contributed by atoms with E-state index in [4.69, 9.17) is 4.74 Å². The van der Waals surface area contributed by atoms with Crippen molar-refractivity contribution in [2.45, 2.75) is 13.0 Å². The van der Waals surface area contributed by atoms with Crippen LogP contribution in [-0.2, 0) is 0 Å². The third-order valence-electron chi connectivity index (χ3n) is 4.42. The molecule has 0 heterocycles. The zero-order valence-corrected chi connectivity index (χ0v) is 15.8. The average molecular weight is 374 g/mol. The minimum absolute atomic E-state index is 0.154. The number of nitrogens with one attached hydrogen (secondary N) is 2. The lowest BCUT2D eigenvalue weighted by Crippen LogP contribution is -2.28. The van der Waals surface area contributed by atoms with Gasteiger partial charge in [0, 0.05) is 5.56 Å². The van der Waals surface area contributed by atoms with Crippen molar-refractivity contribution in [2.24, 2.45) is 0 Å². The Balaban J connectivity index is 1.74. The van der Waals surface area contributed by atoms with Crippen molar-refractivity contribution in [3.05, 3.63) is 95.6 Å². The van der Waals surface area contributed by atoms with Crippen LogP contribution < -0.4 is 15.4 Å². The molecule has 28 heavy (non-hydrogen) atoms. The number of para-hydroxylation sites is 1. The van der Waals surface area contributed by atoms with Crippen LogP contribution in [0.15, 0.2) is 78.9 Å². The molecule has 0 radical (unpaired) electrons. The number of anilines is 1. The van der Waals surface area contributed by atoms with Gasteiger partial charge in [-0.3, -0.25) is 9.59 Å². The largest absolute Gasteiger partial charge is 0.497 e. The van der Waals surface area contributed by atoms with E-state index >= 15 is 0 Å². The second-order valence-electron chi connectivity index (χ2n) is 6.33. The van der Waals surface area contributed by atoms with Gasteiger partial charge in [0.25, 0.3) is 11.8 Å². The summed E-state index contributed by atoms with van der Waals surface area (Å²) in [5.74, 6) is 0.132. The molecule has 3 aromatic rings. The van der Waals surface area contributed by atoms with Gasteiger partial charge < -0.3 is 15.4 Å². The molecule has 0 fully saturated rings. The monoisotopic (exact) mass is 374 g/mol. The molecule has 0 aliphatic heterocycles. The lowest BCUT2D eigenvalue weighted by molar-refractivity contribution is 0.0941. The molecule has 0 bridgehead atoms. The first-order chi connectivity index (χ1) is 13.6. The van der Waals surface area contributed by atoms with Gasteiger partial charge in [-0.1, -0.05) is 42.5 Å². The summed E-state index contributed by atoms with van der Waals surface area (Å²) in [6, 6.07) is 23.3. The predicted molar refractivity (Wildman–Crippen MR) is 110 cm³/mol. The quantitative estimate of drug-likeness (QED) is 0.670. The minimum Gasteiger partial charge on any atom is -0.497 e. The average Bonchev–Trinajstić information content (AvgIpc) is 2.74. The number of hydrogen-bond acceptors (Lipinski definition) is 3. The molecule has 0 aliphatic rings. The van der Waals surface area contributed by atoms with Crippen LogP contribution in [0.2, 0.25) is 0 Å². The van der Waals surface area contributed by atoms with Gasteiger partial charge in [-0.25, -0.2) is 0 Å². The van der Waals surface area contributed by atoms with Crippen LogP contribution in [0.25, 0.3) is 0 Å². The molecule has 0 spiro atoms. The number of amides is 2. The molecule has 0 saturated carbocycles. The van der Waals surface area contributed by atoms with Crippen LogP contribution in [0.4, 0.5) is 5.69 Å². The summed E-state index contributed by atoms with van der Waals surface area (Å²) in [4.78, 5) is 25.3. The van der Waals surface area contributed by atoms with Gasteiger partial charge in [0.1, 0.15) is 5.75 Å². The molecule has 0 aliphatic carbocycles. The number of carbonyl (C=O) groups is 2. The third-order valence-corrected chi connectivity index (χ3v) is 4.42. The van der Waals surface area contributed by atoms with Gasteiger partial charge in [0.15, 0.2) is 0 Å². The number of ether oxygens (including phenoxy) is 1. The van der Waals surface area contributed by atoms with Crippen LogP contribution in [0, 0.1) is 0 Å². The van der Waals surface area contributed by atoms with E-state index < -0.39 is 0 Å². The second kappa shape index (κ2) is 8.86. The Kier molecular flexibility index (Phi) is 6.07. The Morgan fingerprint density at radius 3 is 2.14 bits per heavy atom. The molecular weight excluding hydrogens is 352 g/mol. The maximum absolute atomic E-state index is 12.8. The topological polar surface area (TPSA) is 67.4 Å². The molecule has 5 nitrogen and oxygen atoms in total. The Bertz CT molecular complexity index is 953. The second-order valence-corrected chi connectivity index (χ2v) is 6.33. The van der Waals surface area contributed by atoms with E-state index in [1.54, 1.807) is 55.6 Å². The van der Waals surface area contributed by atoms with Gasteiger partial charge in [-0.2, -0.15) is 0 Å².